The van der Waals surface area contributed by atoms with Gasteiger partial charge < -0.3 is 9.30 Å². The lowest BCUT2D eigenvalue weighted by molar-refractivity contribution is -0.153. The normalized spacial score (nSPS) is 14.4. The van der Waals surface area contributed by atoms with Gasteiger partial charge in [0.15, 0.2) is 6.61 Å². The average molecular weight is 493 g/mol. The number of aromatic nitrogens is 2. The first-order valence-electron chi connectivity index (χ1n) is 10.7. The van der Waals surface area contributed by atoms with Crippen molar-refractivity contribution < 1.29 is 26.3 Å². The van der Waals surface area contributed by atoms with Gasteiger partial charge in [0.1, 0.15) is 11.8 Å². The number of nitrogens with one attached hydrogen (secondary N) is 1. The Labute approximate surface area is 195 Å². The second-order valence-corrected chi connectivity index (χ2v) is 10.8. The fourth-order valence-corrected chi connectivity index (χ4v) is 4.27. The van der Waals surface area contributed by atoms with Gasteiger partial charge in [0.2, 0.25) is 10.0 Å². The molecular formula is C23H23F3N4O3S. The summed E-state index contributed by atoms with van der Waals surface area (Å²) in [5.74, 6) is 0.458. The molecule has 1 fully saturated rings. The molecule has 0 unspecified atom stereocenters. The van der Waals surface area contributed by atoms with Gasteiger partial charge in [0.05, 0.1) is 39.6 Å². The van der Waals surface area contributed by atoms with Crippen molar-refractivity contribution in [2.24, 2.45) is 5.92 Å². The van der Waals surface area contributed by atoms with Crippen molar-refractivity contribution in [2.45, 2.75) is 44.7 Å². The number of nitrogens with zero attached hydrogens (tertiary/aromatic N) is 3. The molecule has 1 aliphatic carbocycles. The van der Waals surface area contributed by atoms with E-state index in [4.69, 9.17) is 4.74 Å². The van der Waals surface area contributed by atoms with E-state index in [2.05, 4.69) is 15.8 Å². The van der Waals surface area contributed by atoms with E-state index in [1.165, 1.54) is 18.3 Å². The Morgan fingerprint density at radius 3 is 2.56 bits per heavy atom. The Morgan fingerprint density at radius 1 is 1.26 bits per heavy atom. The lowest BCUT2D eigenvalue weighted by Crippen LogP contribution is -2.22. The van der Waals surface area contributed by atoms with Gasteiger partial charge in [0, 0.05) is 18.0 Å². The molecular weight excluding hydrogens is 469 g/mol. The summed E-state index contributed by atoms with van der Waals surface area (Å²) in [6.07, 6.45) is -1.03. The van der Waals surface area contributed by atoms with Crippen LogP contribution in [0.4, 0.5) is 18.9 Å². The molecule has 0 amide bonds. The third-order valence-corrected chi connectivity index (χ3v) is 7.34. The summed E-state index contributed by atoms with van der Waals surface area (Å²) < 4.78 is 71.4. The number of fused-ring (bicyclic) bond motifs is 1. The molecule has 0 bridgehead atoms. The highest BCUT2D eigenvalue weighted by molar-refractivity contribution is 7.93. The molecule has 0 aliphatic heterocycles. The molecule has 1 aliphatic rings. The highest BCUT2D eigenvalue weighted by atomic mass is 32.2. The monoisotopic (exact) mass is 492 g/mol. The second-order valence-electron chi connectivity index (χ2n) is 8.60. The van der Waals surface area contributed by atoms with Gasteiger partial charge in [-0.25, -0.2) is 8.42 Å². The molecule has 1 aromatic carbocycles. The SMILES string of the molecule is CC(C)S(=O)(=O)Nc1ccc(-c2c(C#N)c3ccc(OCC(F)(F)F)cc3n2CC2CC2)nc1. The van der Waals surface area contributed by atoms with Gasteiger partial charge in [-0.3, -0.25) is 9.71 Å². The fourth-order valence-electron chi connectivity index (χ4n) is 3.59. The Hall–Kier alpha value is -3.26. The van der Waals surface area contributed by atoms with Gasteiger partial charge in [0.25, 0.3) is 0 Å². The minimum Gasteiger partial charge on any atom is -0.484 e. The molecule has 34 heavy (non-hydrogen) atoms. The number of hydrogen-bond donors (Lipinski definition) is 1. The number of hydrogen-bond acceptors (Lipinski definition) is 5. The number of benzene rings is 1. The van der Waals surface area contributed by atoms with Crippen LogP contribution in [0, 0.1) is 17.2 Å². The highest BCUT2D eigenvalue weighted by Crippen LogP contribution is 2.39. The summed E-state index contributed by atoms with van der Waals surface area (Å²) in [7, 11) is -3.54. The molecule has 1 saturated carbocycles. The Kier molecular flexibility index (Phi) is 6.20. The van der Waals surface area contributed by atoms with Crippen molar-refractivity contribution in [1.82, 2.24) is 9.55 Å². The number of halogens is 3. The summed E-state index contributed by atoms with van der Waals surface area (Å²) in [6, 6.07) is 9.90. The maximum Gasteiger partial charge on any atom is 0.422 e. The van der Waals surface area contributed by atoms with Crippen LogP contribution < -0.4 is 9.46 Å². The molecule has 11 heteroatoms. The number of nitriles is 1. The maximum atomic E-state index is 12.6. The molecule has 2 heterocycles. The van der Waals surface area contributed by atoms with Gasteiger partial charge >= 0.3 is 6.18 Å². The van der Waals surface area contributed by atoms with Crippen molar-refractivity contribution in [3.05, 3.63) is 42.1 Å². The van der Waals surface area contributed by atoms with Crippen molar-refractivity contribution in [3.8, 4) is 23.2 Å². The molecule has 3 aromatic rings. The summed E-state index contributed by atoms with van der Waals surface area (Å²) in [4.78, 5) is 4.40. The first-order chi connectivity index (χ1) is 16.0. The van der Waals surface area contributed by atoms with E-state index in [0.29, 0.717) is 46.0 Å². The third-order valence-electron chi connectivity index (χ3n) is 5.57. The third kappa shape index (κ3) is 5.12. The summed E-state index contributed by atoms with van der Waals surface area (Å²) >= 11 is 0. The minimum atomic E-state index is -4.46. The predicted molar refractivity (Wildman–Crippen MR) is 122 cm³/mol. The van der Waals surface area contributed by atoms with Gasteiger partial charge in [-0.1, -0.05) is 0 Å². The number of ether oxygens (including phenoxy) is 1. The molecule has 0 saturated heterocycles. The Balaban J connectivity index is 1.77. The lowest BCUT2D eigenvalue weighted by atomic mass is 10.1. The fraction of sp³-hybridized carbons (Fsp3) is 0.391. The van der Waals surface area contributed by atoms with E-state index < -0.39 is 28.1 Å². The molecule has 2 aromatic heterocycles. The van der Waals surface area contributed by atoms with Crippen LogP contribution in [0.25, 0.3) is 22.3 Å². The van der Waals surface area contributed by atoms with Crippen LogP contribution in [0.15, 0.2) is 36.5 Å². The van der Waals surface area contributed by atoms with Crippen molar-refractivity contribution in [2.75, 3.05) is 11.3 Å². The number of rotatable bonds is 8. The van der Waals surface area contributed by atoms with E-state index in [9.17, 15) is 26.9 Å². The van der Waals surface area contributed by atoms with Crippen LogP contribution in [0.5, 0.6) is 5.75 Å². The first-order valence-corrected chi connectivity index (χ1v) is 12.3. The van der Waals surface area contributed by atoms with E-state index >= 15 is 0 Å². The van der Waals surface area contributed by atoms with Crippen molar-refractivity contribution >= 4 is 26.6 Å². The average Bonchev–Trinajstić information content (AvgIpc) is 3.53. The smallest absolute Gasteiger partial charge is 0.422 e. The molecule has 0 atom stereocenters. The molecule has 0 radical (unpaired) electrons. The summed E-state index contributed by atoms with van der Waals surface area (Å²) in [5.41, 5.74) is 2.23. The summed E-state index contributed by atoms with van der Waals surface area (Å²) in [5, 5.41) is 9.89. The van der Waals surface area contributed by atoms with E-state index in [1.54, 1.807) is 32.0 Å². The Morgan fingerprint density at radius 2 is 2.00 bits per heavy atom. The zero-order valence-electron chi connectivity index (χ0n) is 18.6. The summed E-state index contributed by atoms with van der Waals surface area (Å²) in [6.45, 7) is 2.30. The van der Waals surface area contributed by atoms with Crippen LogP contribution in [0.1, 0.15) is 32.3 Å². The zero-order valence-corrected chi connectivity index (χ0v) is 19.4. The predicted octanol–water partition coefficient (Wildman–Crippen LogP) is 5.08. The number of sulfonamides is 1. The number of alkyl halides is 3. The van der Waals surface area contributed by atoms with E-state index in [0.717, 1.165) is 12.8 Å². The van der Waals surface area contributed by atoms with Crippen molar-refractivity contribution in [1.29, 1.82) is 5.26 Å². The largest absolute Gasteiger partial charge is 0.484 e. The number of anilines is 1. The van der Waals surface area contributed by atoms with Crippen LogP contribution >= 0.6 is 0 Å². The van der Waals surface area contributed by atoms with Crippen LogP contribution in [0.3, 0.4) is 0 Å². The Bertz CT molecular complexity index is 1350. The van der Waals surface area contributed by atoms with Crippen LogP contribution in [-0.2, 0) is 16.6 Å². The van der Waals surface area contributed by atoms with Gasteiger partial charge in [-0.2, -0.15) is 18.4 Å². The molecule has 0 spiro atoms. The molecule has 180 valence electrons. The molecule has 4 rings (SSSR count). The van der Waals surface area contributed by atoms with E-state index in [-0.39, 0.29) is 5.75 Å². The van der Waals surface area contributed by atoms with Gasteiger partial charge in [-0.15, -0.1) is 0 Å². The second kappa shape index (κ2) is 8.83. The quantitative estimate of drug-likeness (QED) is 0.473. The topological polar surface area (TPSA) is 97.0 Å². The first kappa shape index (κ1) is 23.9. The standard InChI is InChI=1S/C23H23F3N4O3S/c1-14(2)34(31,32)29-16-5-8-20(28-11-16)22-19(10-27)18-7-6-17(33-13-23(24,25)26)9-21(18)30(22)12-15-3-4-15/h5-9,11,14-15,29H,3-4,12-13H2,1-2H3. The van der Waals surface area contributed by atoms with Crippen molar-refractivity contribution in [3.63, 3.8) is 0 Å². The zero-order chi connectivity index (χ0) is 24.7. The minimum absolute atomic E-state index is 0.0572. The number of pyridine rings is 1. The van der Waals surface area contributed by atoms with E-state index in [1.807, 2.05) is 4.57 Å². The highest BCUT2D eigenvalue weighted by Gasteiger charge is 2.30. The molecule has 7 nitrogen and oxygen atoms in total. The van der Waals surface area contributed by atoms with Crippen LogP contribution in [0.2, 0.25) is 0 Å². The lowest BCUT2D eigenvalue weighted by Gasteiger charge is -2.13. The van der Waals surface area contributed by atoms with Crippen LogP contribution in [-0.4, -0.2) is 36.0 Å². The van der Waals surface area contributed by atoms with Gasteiger partial charge in [-0.05, 0) is 56.9 Å². The molecule has 1 N–H and O–H groups in total. The maximum absolute atomic E-state index is 12.6.